The summed E-state index contributed by atoms with van der Waals surface area (Å²) in [6, 6.07) is 0. The minimum absolute atomic E-state index is 0.00964. The molecule has 0 fully saturated rings. The molecule has 3 heterocycles. The average Bonchev–Trinajstić information content (AvgIpc) is 2.79. The number of nitrogen functional groups attached to an aromatic ring is 2. The van der Waals surface area contributed by atoms with Gasteiger partial charge in [-0.1, -0.05) is 5.04 Å². The molecule has 36 heavy (non-hydrogen) atoms. The third-order valence-corrected chi connectivity index (χ3v) is 4.88. The minimum Gasteiger partial charge on any atom is -0.368 e. The Hall–Kier alpha value is -3.96. The number of anilines is 8. The zero-order chi connectivity index (χ0) is 26.0. The normalized spacial score (nSPS) is 11.2. The molecule has 3 rings (SSSR count). The van der Waals surface area contributed by atoms with Crippen LogP contribution in [0.25, 0.3) is 0 Å². The number of hydrogen-bond donors (Lipinski definition) is 8. The minimum atomic E-state index is -4.15. The Kier molecular flexibility index (Phi) is 9.37. The van der Waals surface area contributed by atoms with E-state index >= 15 is 0 Å². The molecule has 0 aliphatic heterocycles. The lowest BCUT2D eigenvalue weighted by Crippen LogP contribution is -2.17. The number of nitrogens with two attached hydrogens (primary N) is 2. The molecule has 3 aromatic rings. The van der Waals surface area contributed by atoms with Gasteiger partial charge < -0.3 is 32.7 Å². The van der Waals surface area contributed by atoms with E-state index in [9.17, 15) is 8.42 Å². The summed E-state index contributed by atoms with van der Waals surface area (Å²) in [7, 11) is -4.15. The van der Waals surface area contributed by atoms with Crippen LogP contribution in [0.15, 0.2) is 12.4 Å². The van der Waals surface area contributed by atoms with Gasteiger partial charge in [0.1, 0.15) is 0 Å². The van der Waals surface area contributed by atoms with Gasteiger partial charge in [0, 0.05) is 30.9 Å². The molecule has 194 valence electrons. The van der Waals surface area contributed by atoms with Gasteiger partial charge in [0.05, 0.1) is 18.1 Å². The zero-order valence-electron chi connectivity index (χ0n) is 18.1. The van der Waals surface area contributed by atoms with Crippen molar-refractivity contribution in [2.45, 2.75) is 0 Å². The van der Waals surface area contributed by atoms with Gasteiger partial charge in [0.25, 0.3) is 10.1 Å². The maximum atomic E-state index is 10.8. The lowest BCUT2D eigenvalue weighted by Gasteiger charge is -2.09. The standard InChI is InChI=1S/C14H20N14O6S2/c15-9-23-11(17-1-3-35-34-33-29)27-13(25-9)21-7-5-20-8(6-19-7)22-14-26-10(16)24-12(28-14)18-2-4-36(30,31)32/h5-6,29H,1-4H2,(H,30,31,32)(H4,15,17,19,21,23,25,27)(H4,16,18,20,22,24,26,28). The third kappa shape index (κ3) is 9.35. The molecular weight excluding hydrogens is 524 g/mol. The van der Waals surface area contributed by atoms with Crippen molar-refractivity contribution >= 4 is 69.5 Å². The summed E-state index contributed by atoms with van der Waals surface area (Å²) in [4.78, 5) is 32.2. The average molecular weight is 545 g/mol. The first-order valence-electron chi connectivity index (χ1n) is 9.62. The highest BCUT2D eigenvalue weighted by atomic mass is 32.2. The van der Waals surface area contributed by atoms with E-state index in [1.807, 2.05) is 0 Å². The SMILES string of the molecule is Nc1nc(NCCSOOO)nc(Nc2cnc(Nc3nc(N)nc(NCCS(=O)(=O)O)n3)cn2)n1. The number of nitrogens with zero attached hydrogens (tertiary/aromatic N) is 8. The van der Waals surface area contributed by atoms with Crippen molar-refractivity contribution in [1.82, 2.24) is 39.9 Å². The maximum absolute atomic E-state index is 10.8. The smallest absolute Gasteiger partial charge is 0.266 e. The van der Waals surface area contributed by atoms with Crippen molar-refractivity contribution in [1.29, 1.82) is 0 Å². The fourth-order valence-electron chi connectivity index (χ4n) is 2.29. The summed E-state index contributed by atoms with van der Waals surface area (Å²) in [5.41, 5.74) is 11.3. The summed E-state index contributed by atoms with van der Waals surface area (Å²) < 4.78 is 34.7. The number of nitrogens with one attached hydrogen (secondary N) is 4. The van der Waals surface area contributed by atoms with Gasteiger partial charge in [-0.25, -0.2) is 15.2 Å². The fourth-order valence-corrected chi connectivity index (χ4v) is 2.95. The van der Waals surface area contributed by atoms with Crippen molar-refractivity contribution in [2.75, 3.05) is 57.3 Å². The van der Waals surface area contributed by atoms with E-state index in [1.165, 1.54) is 12.4 Å². The molecule has 20 nitrogen and oxygen atoms in total. The predicted octanol–water partition coefficient (Wildman–Crippen LogP) is -0.721. The van der Waals surface area contributed by atoms with Gasteiger partial charge in [-0.15, -0.1) is 4.33 Å². The van der Waals surface area contributed by atoms with Crippen LogP contribution in [-0.2, 0) is 19.5 Å². The highest BCUT2D eigenvalue weighted by Gasteiger charge is 2.10. The van der Waals surface area contributed by atoms with Gasteiger partial charge in [0.2, 0.25) is 35.7 Å². The van der Waals surface area contributed by atoms with Gasteiger partial charge in [-0.3, -0.25) is 4.55 Å². The number of aromatic nitrogens is 8. The second-order valence-electron chi connectivity index (χ2n) is 6.32. The van der Waals surface area contributed by atoms with Crippen LogP contribution in [0.5, 0.6) is 0 Å². The number of hydrogen-bond acceptors (Lipinski definition) is 20. The Balaban J connectivity index is 1.59. The molecule has 0 spiro atoms. The molecule has 0 radical (unpaired) electrons. The molecule has 0 aromatic carbocycles. The van der Waals surface area contributed by atoms with E-state index in [4.69, 9.17) is 21.3 Å². The molecule has 0 aliphatic rings. The molecule has 0 unspecified atom stereocenters. The first-order valence-corrected chi connectivity index (χ1v) is 12.1. The Morgan fingerprint density at radius 3 is 1.81 bits per heavy atom. The first kappa shape index (κ1) is 26.6. The summed E-state index contributed by atoms with van der Waals surface area (Å²) >= 11 is 0.860. The van der Waals surface area contributed by atoms with Crippen LogP contribution in [0, 0.1) is 0 Å². The van der Waals surface area contributed by atoms with Gasteiger partial charge in [-0.05, 0) is 0 Å². The van der Waals surface area contributed by atoms with E-state index in [1.54, 1.807) is 0 Å². The van der Waals surface area contributed by atoms with Crippen LogP contribution >= 0.6 is 12.0 Å². The largest absolute Gasteiger partial charge is 0.368 e. The Morgan fingerprint density at radius 2 is 1.33 bits per heavy atom. The topological polar surface area (TPSA) is 296 Å². The summed E-state index contributed by atoms with van der Waals surface area (Å²) in [6.07, 6.45) is 2.73. The number of rotatable bonds is 14. The van der Waals surface area contributed by atoms with Crippen LogP contribution in [0.2, 0.25) is 0 Å². The van der Waals surface area contributed by atoms with Crippen molar-refractivity contribution < 1.29 is 27.6 Å². The highest BCUT2D eigenvalue weighted by molar-refractivity contribution is 7.94. The molecule has 10 N–H and O–H groups in total. The molecule has 0 aliphatic carbocycles. The van der Waals surface area contributed by atoms with E-state index in [0.29, 0.717) is 12.3 Å². The summed E-state index contributed by atoms with van der Waals surface area (Å²) in [5.74, 6) is 0.511. The fraction of sp³-hybridized carbons (Fsp3) is 0.286. The molecule has 0 saturated heterocycles. The quantitative estimate of drug-likeness (QED) is 0.0408. The molecule has 3 aromatic heterocycles. The Labute approximate surface area is 206 Å². The molecule has 0 atom stereocenters. The van der Waals surface area contributed by atoms with Crippen LogP contribution in [0.1, 0.15) is 0 Å². The predicted molar refractivity (Wildman–Crippen MR) is 128 cm³/mol. The van der Waals surface area contributed by atoms with E-state index in [-0.39, 0.29) is 53.9 Å². The molecule has 22 heteroatoms. The maximum Gasteiger partial charge on any atom is 0.266 e. The van der Waals surface area contributed by atoms with E-state index < -0.39 is 15.9 Å². The monoisotopic (exact) mass is 544 g/mol. The van der Waals surface area contributed by atoms with Gasteiger partial charge in [-0.2, -0.15) is 38.3 Å². The Bertz CT molecular complexity index is 1250. The van der Waals surface area contributed by atoms with E-state index in [0.717, 1.165) is 12.0 Å². The highest BCUT2D eigenvalue weighted by Crippen LogP contribution is 2.16. The lowest BCUT2D eigenvalue weighted by atomic mass is 10.6. The van der Waals surface area contributed by atoms with Crippen LogP contribution < -0.4 is 32.7 Å². The molecular formula is C14H20N14O6S2. The van der Waals surface area contributed by atoms with Crippen molar-refractivity contribution in [2.24, 2.45) is 0 Å². The lowest BCUT2D eigenvalue weighted by molar-refractivity contribution is -0.432. The first-order chi connectivity index (χ1) is 17.2. The van der Waals surface area contributed by atoms with Crippen molar-refractivity contribution in [3.8, 4) is 0 Å². The zero-order valence-corrected chi connectivity index (χ0v) is 19.7. The van der Waals surface area contributed by atoms with Crippen LogP contribution in [0.3, 0.4) is 0 Å². The molecule has 0 saturated carbocycles. The second-order valence-corrected chi connectivity index (χ2v) is 8.67. The summed E-state index contributed by atoms with van der Waals surface area (Å²) in [5, 5.41) is 22.7. The van der Waals surface area contributed by atoms with Crippen molar-refractivity contribution in [3.05, 3.63) is 12.4 Å². The van der Waals surface area contributed by atoms with Crippen molar-refractivity contribution in [3.63, 3.8) is 0 Å². The Morgan fingerprint density at radius 1 is 0.833 bits per heavy atom. The summed E-state index contributed by atoms with van der Waals surface area (Å²) in [6.45, 7) is 0.225. The van der Waals surface area contributed by atoms with Crippen LogP contribution in [0.4, 0.5) is 47.3 Å². The van der Waals surface area contributed by atoms with Crippen LogP contribution in [-0.4, -0.2) is 82.7 Å². The molecule has 0 amide bonds. The molecule has 0 bridgehead atoms. The second kappa shape index (κ2) is 12.7. The van der Waals surface area contributed by atoms with Gasteiger partial charge >= 0.3 is 0 Å². The van der Waals surface area contributed by atoms with Gasteiger partial charge in [0.15, 0.2) is 11.6 Å². The third-order valence-electron chi connectivity index (χ3n) is 3.63. The van der Waals surface area contributed by atoms with E-state index in [2.05, 4.69) is 70.5 Å².